The SMILES string of the molecule is CC(C)C1=C2C3CCC4C(C)(CCC5C(C)(C)C(OC(=O)CC(C)(C)C(=O)O)CCC54C)C3CCC2([C@@H](O)CN(CCN(C)C)Cc2cn[nH]c2)CC1=O. The Kier molecular flexibility index (Phi) is 11.2. The molecule has 0 aliphatic heterocycles. The summed E-state index contributed by atoms with van der Waals surface area (Å²) in [5.41, 5.74) is 1.69. The Morgan fingerprint density at radius 2 is 1.70 bits per heavy atom. The number of likely N-dealkylation sites (N-methyl/N-ethyl adjacent to an activating group) is 1. The molecule has 1 aromatic heterocycles. The monoisotopic (exact) mass is 751 g/mol. The highest BCUT2D eigenvalue weighted by Gasteiger charge is 2.67. The molecule has 0 aromatic carbocycles. The van der Waals surface area contributed by atoms with Crippen LogP contribution in [0.5, 0.6) is 0 Å². The number of carboxylic acids is 1. The zero-order valence-corrected chi connectivity index (χ0v) is 35.0. The molecule has 3 N–H and O–H groups in total. The highest BCUT2D eigenvalue weighted by Crippen LogP contribution is 2.73. The number of hydrogen-bond acceptors (Lipinski definition) is 8. The smallest absolute Gasteiger partial charge is 0.309 e. The number of ether oxygens (including phenoxy) is 1. The van der Waals surface area contributed by atoms with Crippen LogP contribution in [0.3, 0.4) is 0 Å². The van der Waals surface area contributed by atoms with Crippen molar-refractivity contribution in [2.75, 3.05) is 33.7 Å². The summed E-state index contributed by atoms with van der Waals surface area (Å²) in [6.45, 7) is 20.1. The molecule has 10 heteroatoms. The molecule has 0 amide bonds. The van der Waals surface area contributed by atoms with E-state index in [2.05, 4.69) is 75.6 Å². The van der Waals surface area contributed by atoms with Crippen molar-refractivity contribution in [2.24, 2.45) is 56.7 Å². The Balaban J connectivity index is 1.25. The van der Waals surface area contributed by atoms with Crippen molar-refractivity contribution in [1.82, 2.24) is 20.0 Å². The molecule has 6 rings (SSSR count). The minimum Gasteiger partial charge on any atom is -0.481 e. The van der Waals surface area contributed by atoms with E-state index in [0.717, 1.165) is 75.6 Å². The van der Waals surface area contributed by atoms with Gasteiger partial charge in [-0.2, -0.15) is 5.10 Å². The van der Waals surface area contributed by atoms with E-state index in [1.54, 1.807) is 13.8 Å². The first kappa shape index (κ1) is 41.1. The number of allylic oxidation sites excluding steroid dienone is 1. The van der Waals surface area contributed by atoms with Crippen molar-refractivity contribution < 1.29 is 29.3 Å². The van der Waals surface area contributed by atoms with Gasteiger partial charge in [-0.15, -0.1) is 0 Å². The number of rotatable bonds is 13. The average molecular weight is 751 g/mol. The number of aliphatic carboxylic acids is 1. The van der Waals surface area contributed by atoms with E-state index < -0.39 is 28.9 Å². The van der Waals surface area contributed by atoms with Crippen LogP contribution in [-0.4, -0.2) is 93.9 Å². The number of aromatic nitrogens is 2. The first-order valence-corrected chi connectivity index (χ1v) is 20.9. The standard InChI is InChI=1S/C44H70N4O6/c1-27(2)37-31(49)21-44(34(50)26-48(20-19-47(9)10)25-28-23-45-46-24-28)18-13-30-29(38(37)44)11-12-33-42(30,7)16-14-32-41(5,6)35(15-17-43(32,33)8)54-36(51)22-40(3,4)39(52)53/h23-24,27,29-30,32-35,50H,11-22,25-26H2,1-10H3,(H,45,46)(H,52,53)/t29?,30?,32?,33?,34-,35?,42?,43?,44?/m0/s1. The van der Waals surface area contributed by atoms with Crippen LogP contribution in [0.4, 0.5) is 0 Å². The maximum absolute atomic E-state index is 14.1. The number of aliphatic hydroxyl groups is 1. The molecule has 8 unspecified atom stereocenters. The van der Waals surface area contributed by atoms with Gasteiger partial charge in [0.1, 0.15) is 6.10 Å². The van der Waals surface area contributed by atoms with Crippen LogP contribution >= 0.6 is 0 Å². The van der Waals surface area contributed by atoms with Crippen molar-refractivity contribution in [3.05, 3.63) is 29.1 Å². The quantitative estimate of drug-likeness (QED) is 0.180. The number of H-pyrrole nitrogens is 1. The van der Waals surface area contributed by atoms with Crippen LogP contribution in [0.2, 0.25) is 0 Å². The predicted molar refractivity (Wildman–Crippen MR) is 209 cm³/mol. The summed E-state index contributed by atoms with van der Waals surface area (Å²) in [5, 5.41) is 29.2. The Morgan fingerprint density at radius 1 is 1.00 bits per heavy atom. The van der Waals surface area contributed by atoms with Gasteiger partial charge in [0.25, 0.3) is 0 Å². The molecule has 0 saturated heterocycles. The number of nitrogens with zero attached hydrogens (tertiary/aromatic N) is 3. The minimum atomic E-state index is -1.16. The number of ketones is 1. The molecule has 302 valence electrons. The fourth-order valence-corrected chi connectivity index (χ4v) is 13.2. The highest BCUT2D eigenvalue weighted by molar-refractivity contribution is 6.00. The lowest BCUT2D eigenvalue weighted by molar-refractivity contribution is -0.214. The number of Topliss-reactive ketones (excluding diaryl/α,β-unsaturated/α-hetero) is 1. The summed E-state index contributed by atoms with van der Waals surface area (Å²) in [7, 11) is 4.16. The summed E-state index contributed by atoms with van der Waals surface area (Å²) < 4.78 is 6.17. The van der Waals surface area contributed by atoms with Gasteiger partial charge in [-0.05, 0) is 125 Å². The van der Waals surface area contributed by atoms with E-state index in [4.69, 9.17) is 4.74 Å². The van der Waals surface area contributed by atoms with Crippen molar-refractivity contribution >= 4 is 17.7 Å². The number of fused-ring (bicyclic) bond motifs is 7. The molecular weight excluding hydrogens is 681 g/mol. The van der Waals surface area contributed by atoms with Crippen LogP contribution in [0, 0.1) is 56.7 Å². The van der Waals surface area contributed by atoms with Crippen LogP contribution in [0.25, 0.3) is 0 Å². The number of aliphatic hydroxyl groups excluding tert-OH is 1. The Labute approximate surface area is 324 Å². The zero-order chi connectivity index (χ0) is 39.6. The predicted octanol–water partition coefficient (Wildman–Crippen LogP) is 7.14. The van der Waals surface area contributed by atoms with Gasteiger partial charge in [-0.25, -0.2) is 0 Å². The third-order valence-corrected chi connectivity index (χ3v) is 15.9. The maximum Gasteiger partial charge on any atom is 0.309 e. The lowest BCUT2D eigenvalue weighted by Crippen LogP contribution is -2.63. The van der Waals surface area contributed by atoms with Gasteiger partial charge < -0.3 is 19.8 Å². The van der Waals surface area contributed by atoms with Gasteiger partial charge in [0, 0.05) is 55.2 Å². The fourth-order valence-electron chi connectivity index (χ4n) is 13.2. The number of carbonyl (C=O) groups excluding carboxylic acids is 2. The normalized spacial score (nSPS) is 35.4. The third-order valence-electron chi connectivity index (χ3n) is 15.9. The molecule has 4 fully saturated rings. The van der Waals surface area contributed by atoms with E-state index in [9.17, 15) is 24.6 Å². The first-order valence-electron chi connectivity index (χ1n) is 20.9. The van der Waals surface area contributed by atoms with Crippen LogP contribution in [0.15, 0.2) is 23.5 Å². The molecule has 0 spiro atoms. The van der Waals surface area contributed by atoms with Gasteiger partial charge >= 0.3 is 11.9 Å². The Bertz CT molecular complexity index is 1600. The van der Waals surface area contributed by atoms with E-state index in [1.165, 1.54) is 5.57 Å². The van der Waals surface area contributed by atoms with Gasteiger partial charge in [-0.1, -0.05) is 47.1 Å². The molecule has 0 bridgehead atoms. The molecule has 1 heterocycles. The lowest BCUT2D eigenvalue weighted by atomic mass is 9.36. The van der Waals surface area contributed by atoms with E-state index in [-0.39, 0.29) is 40.5 Å². The number of aromatic amines is 1. The second kappa shape index (κ2) is 14.7. The summed E-state index contributed by atoms with van der Waals surface area (Å²) >= 11 is 0. The molecule has 5 aliphatic carbocycles. The van der Waals surface area contributed by atoms with Gasteiger partial charge in [-0.3, -0.25) is 24.4 Å². The lowest BCUT2D eigenvalue weighted by Gasteiger charge is -2.69. The summed E-state index contributed by atoms with van der Waals surface area (Å²) in [6.07, 6.45) is 11.2. The number of carbonyl (C=O) groups is 3. The van der Waals surface area contributed by atoms with Crippen molar-refractivity contribution in [2.45, 2.75) is 138 Å². The topological polar surface area (TPSA) is 136 Å². The van der Waals surface area contributed by atoms with Crippen LogP contribution in [-0.2, 0) is 25.7 Å². The third kappa shape index (κ3) is 7.03. The van der Waals surface area contributed by atoms with Crippen LogP contribution in [0.1, 0.15) is 125 Å². The highest BCUT2D eigenvalue weighted by atomic mass is 16.5. The molecule has 1 aromatic rings. The van der Waals surface area contributed by atoms with Crippen molar-refractivity contribution in [3.63, 3.8) is 0 Å². The van der Waals surface area contributed by atoms with E-state index in [0.29, 0.717) is 43.2 Å². The van der Waals surface area contributed by atoms with Crippen molar-refractivity contribution in [3.8, 4) is 0 Å². The fraction of sp³-hybridized carbons (Fsp3) is 0.818. The second-order valence-corrected chi connectivity index (χ2v) is 20.6. The summed E-state index contributed by atoms with van der Waals surface area (Å²) in [6, 6.07) is 0. The molecule has 4 saturated carbocycles. The van der Waals surface area contributed by atoms with Crippen molar-refractivity contribution in [1.29, 1.82) is 0 Å². The molecule has 54 heavy (non-hydrogen) atoms. The summed E-state index contributed by atoms with van der Waals surface area (Å²) in [4.78, 5) is 43.5. The zero-order valence-electron chi connectivity index (χ0n) is 35.0. The molecule has 0 radical (unpaired) electrons. The number of esters is 1. The van der Waals surface area contributed by atoms with Gasteiger partial charge in [0.2, 0.25) is 0 Å². The minimum absolute atomic E-state index is 0.0829. The van der Waals surface area contributed by atoms with Gasteiger partial charge in [0.15, 0.2) is 5.78 Å². The Hall–Kier alpha value is -2.56. The van der Waals surface area contributed by atoms with E-state index in [1.807, 2.05) is 12.4 Å². The maximum atomic E-state index is 14.1. The summed E-state index contributed by atoms with van der Waals surface area (Å²) in [5.74, 6) is 0.611. The molecule has 10 nitrogen and oxygen atoms in total. The number of hydrogen-bond donors (Lipinski definition) is 3. The largest absolute Gasteiger partial charge is 0.481 e. The molecule has 5 aliphatic rings. The number of carboxylic acid groups (broad SMARTS) is 1. The number of nitrogens with one attached hydrogen (secondary N) is 1. The van der Waals surface area contributed by atoms with E-state index >= 15 is 0 Å². The van der Waals surface area contributed by atoms with Crippen LogP contribution < -0.4 is 0 Å². The molecular formula is C44H70N4O6. The molecule has 9 atom stereocenters. The van der Waals surface area contributed by atoms with Gasteiger partial charge in [0.05, 0.1) is 24.1 Å². The second-order valence-electron chi connectivity index (χ2n) is 20.6. The Morgan fingerprint density at radius 3 is 2.33 bits per heavy atom. The average Bonchev–Trinajstić information content (AvgIpc) is 3.70. The first-order chi connectivity index (χ1) is 25.2.